The van der Waals surface area contributed by atoms with Crippen molar-refractivity contribution in [1.29, 1.82) is 0 Å². The van der Waals surface area contributed by atoms with E-state index in [9.17, 15) is 4.79 Å². The fourth-order valence-corrected chi connectivity index (χ4v) is 3.09. The summed E-state index contributed by atoms with van der Waals surface area (Å²) in [5.74, 6) is 0.0911. The highest BCUT2D eigenvalue weighted by molar-refractivity contribution is 5.98. The lowest BCUT2D eigenvalue weighted by Crippen LogP contribution is -2.17. The van der Waals surface area contributed by atoms with Gasteiger partial charge in [0.2, 0.25) is 0 Å². The van der Waals surface area contributed by atoms with Gasteiger partial charge < -0.3 is 4.90 Å². The molecule has 22 heavy (non-hydrogen) atoms. The minimum absolute atomic E-state index is 0.0911. The molecule has 0 N–H and O–H groups in total. The molecule has 0 bridgehead atoms. The molecule has 5 heteroatoms. The number of amides is 1. The molecule has 4 rings (SSSR count). The van der Waals surface area contributed by atoms with Gasteiger partial charge in [-0.25, -0.2) is 9.50 Å². The van der Waals surface area contributed by atoms with Crippen molar-refractivity contribution in [1.82, 2.24) is 19.5 Å². The Bertz CT molecular complexity index is 926. The normalized spacial score (nSPS) is 14.0. The van der Waals surface area contributed by atoms with E-state index in [0.717, 1.165) is 39.3 Å². The molecule has 0 spiro atoms. The number of hydrogen-bond donors (Lipinski definition) is 0. The Morgan fingerprint density at radius 3 is 2.82 bits per heavy atom. The Hall–Kier alpha value is -2.69. The molecular formula is C17H16N4O. The number of rotatable bonds is 1. The third kappa shape index (κ3) is 1.68. The molecule has 3 heterocycles. The zero-order chi connectivity index (χ0) is 15.4. The van der Waals surface area contributed by atoms with Crippen molar-refractivity contribution in [2.45, 2.75) is 20.4 Å². The SMILES string of the molecule is Cc1nc2ccnn2c(-c2ccc3c(c2)CN(C)C3=O)c1C. The summed E-state index contributed by atoms with van der Waals surface area (Å²) in [4.78, 5) is 18.3. The maximum atomic E-state index is 12.0. The van der Waals surface area contributed by atoms with E-state index in [-0.39, 0.29) is 5.91 Å². The highest BCUT2D eigenvalue weighted by Gasteiger charge is 2.25. The summed E-state index contributed by atoms with van der Waals surface area (Å²) in [6.07, 6.45) is 1.76. The molecule has 0 unspecified atom stereocenters. The van der Waals surface area contributed by atoms with Gasteiger partial charge in [0.25, 0.3) is 5.91 Å². The number of carbonyl (C=O) groups excluding carboxylic acids is 1. The molecule has 0 fully saturated rings. The molecule has 0 radical (unpaired) electrons. The Morgan fingerprint density at radius 1 is 1.18 bits per heavy atom. The fraction of sp³-hybridized carbons (Fsp3) is 0.235. The van der Waals surface area contributed by atoms with Gasteiger partial charge in [-0.15, -0.1) is 0 Å². The van der Waals surface area contributed by atoms with Crippen LogP contribution in [0.15, 0.2) is 30.5 Å². The molecule has 0 atom stereocenters. The minimum Gasteiger partial charge on any atom is -0.337 e. The molecule has 110 valence electrons. The van der Waals surface area contributed by atoms with Crippen molar-refractivity contribution >= 4 is 11.6 Å². The largest absolute Gasteiger partial charge is 0.337 e. The molecular weight excluding hydrogens is 276 g/mol. The summed E-state index contributed by atoms with van der Waals surface area (Å²) in [5, 5.41) is 4.40. The van der Waals surface area contributed by atoms with E-state index in [1.165, 1.54) is 0 Å². The number of fused-ring (bicyclic) bond motifs is 2. The van der Waals surface area contributed by atoms with Crippen LogP contribution in [-0.4, -0.2) is 32.5 Å². The van der Waals surface area contributed by atoms with E-state index in [4.69, 9.17) is 0 Å². The van der Waals surface area contributed by atoms with Crippen molar-refractivity contribution in [2.24, 2.45) is 0 Å². The monoisotopic (exact) mass is 292 g/mol. The summed E-state index contributed by atoms with van der Waals surface area (Å²) in [5.41, 5.74) is 6.92. The van der Waals surface area contributed by atoms with Crippen LogP contribution in [0, 0.1) is 13.8 Å². The van der Waals surface area contributed by atoms with E-state index in [0.29, 0.717) is 6.54 Å². The molecule has 0 saturated carbocycles. The van der Waals surface area contributed by atoms with Gasteiger partial charge in [0.15, 0.2) is 5.65 Å². The predicted octanol–water partition coefficient (Wildman–Crippen LogP) is 2.60. The maximum absolute atomic E-state index is 12.0. The van der Waals surface area contributed by atoms with Gasteiger partial charge in [-0.3, -0.25) is 4.79 Å². The third-order valence-corrected chi connectivity index (χ3v) is 4.38. The van der Waals surface area contributed by atoms with Crippen LogP contribution in [0.4, 0.5) is 0 Å². The van der Waals surface area contributed by atoms with Crippen LogP contribution in [0.1, 0.15) is 27.2 Å². The summed E-state index contributed by atoms with van der Waals surface area (Å²) in [6.45, 7) is 4.73. The average Bonchev–Trinajstić information content (AvgIpc) is 3.05. The van der Waals surface area contributed by atoms with Crippen LogP contribution >= 0.6 is 0 Å². The van der Waals surface area contributed by atoms with E-state index in [1.54, 1.807) is 11.1 Å². The molecule has 0 aliphatic carbocycles. The number of aryl methyl sites for hydroxylation is 1. The van der Waals surface area contributed by atoms with Gasteiger partial charge in [-0.2, -0.15) is 5.10 Å². The number of hydrogen-bond acceptors (Lipinski definition) is 3. The number of nitrogens with zero attached hydrogens (tertiary/aromatic N) is 4. The molecule has 1 aliphatic heterocycles. The summed E-state index contributed by atoms with van der Waals surface area (Å²) in [7, 11) is 1.83. The standard InChI is InChI=1S/C17H16N4O/c1-10-11(2)19-15-6-7-18-21(15)16(10)12-4-5-14-13(8-12)9-20(3)17(14)22/h4-8H,9H2,1-3H3. The van der Waals surface area contributed by atoms with Crippen molar-refractivity contribution < 1.29 is 4.79 Å². The second-order valence-corrected chi connectivity index (χ2v) is 5.81. The van der Waals surface area contributed by atoms with Crippen LogP contribution in [-0.2, 0) is 6.54 Å². The first-order valence-electron chi connectivity index (χ1n) is 7.26. The van der Waals surface area contributed by atoms with Crippen molar-refractivity contribution in [3.63, 3.8) is 0 Å². The fourth-order valence-electron chi connectivity index (χ4n) is 3.09. The van der Waals surface area contributed by atoms with Crippen molar-refractivity contribution in [2.75, 3.05) is 7.05 Å². The lowest BCUT2D eigenvalue weighted by molar-refractivity contribution is 0.0816. The second kappa shape index (κ2) is 4.40. The Balaban J connectivity index is 1.98. The zero-order valence-electron chi connectivity index (χ0n) is 12.8. The van der Waals surface area contributed by atoms with Crippen molar-refractivity contribution in [3.8, 4) is 11.3 Å². The summed E-state index contributed by atoms with van der Waals surface area (Å²) < 4.78 is 1.87. The Morgan fingerprint density at radius 2 is 2.00 bits per heavy atom. The van der Waals surface area contributed by atoms with E-state index < -0.39 is 0 Å². The third-order valence-electron chi connectivity index (χ3n) is 4.38. The van der Waals surface area contributed by atoms with Gasteiger partial charge in [-0.1, -0.05) is 6.07 Å². The van der Waals surface area contributed by atoms with Gasteiger partial charge in [0.05, 0.1) is 11.9 Å². The summed E-state index contributed by atoms with van der Waals surface area (Å²) in [6, 6.07) is 7.92. The van der Waals surface area contributed by atoms with Gasteiger partial charge >= 0.3 is 0 Å². The first kappa shape index (κ1) is 13.0. The van der Waals surface area contributed by atoms with Crippen molar-refractivity contribution in [3.05, 3.63) is 52.8 Å². The first-order chi connectivity index (χ1) is 10.6. The van der Waals surface area contributed by atoms with E-state index in [1.807, 2.05) is 36.7 Å². The lowest BCUT2D eigenvalue weighted by Gasteiger charge is -2.12. The molecule has 0 saturated heterocycles. The number of aromatic nitrogens is 3. The quantitative estimate of drug-likeness (QED) is 0.692. The van der Waals surface area contributed by atoms with Crippen LogP contribution in [0.3, 0.4) is 0 Å². The van der Waals surface area contributed by atoms with Crippen LogP contribution in [0.2, 0.25) is 0 Å². The minimum atomic E-state index is 0.0911. The first-order valence-corrected chi connectivity index (χ1v) is 7.26. The predicted molar refractivity (Wildman–Crippen MR) is 83.7 cm³/mol. The number of benzene rings is 1. The average molecular weight is 292 g/mol. The number of carbonyl (C=O) groups is 1. The maximum Gasteiger partial charge on any atom is 0.254 e. The van der Waals surface area contributed by atoms with Gasteiger partial charge in [0.1, 0.15) is 0 Å². The molecule has 1 aliphatic rings. The highest BCUT2D eigenvalue weighted by atomic mass is 16.2. The molecule has 1 amide bonds. The Labute approximate surface area is 128 Å². The van der Waals surface area contributed by atoms with E-state index in [2.05, 4.69) is 23.1 Å². The van der Waals surface area contributed by atoms with Crippen LogP contribution in [0.5, 0.6) is 0 Å². The van der Waals surface area contributed by atoms with E-state index >= 15 is 0 Å². The molecule has 3 aromatic rings. The van der Waals surface area contributed by atoms with Crippen LogP contribution < -0.4 is 0 Å². The second-order valence-electron chi connectivity index (χ2n) is 5.81. The van der Waals surface area contributed by atoms with Gasteiger partial charge in [0, 0.05) is 36.5 Å². The van der Waals surface area contributed by atoms with Crippen LogP contribution in [0.25, 0.3) is 16.9 Å². The molecule has 1 aromatic carbocycles. The smallest absolute Gasteiger partial charge is 0.254 e. The molecule has 5 nitrogen and oxygen atoms in total. The topological polar surface area (TPSA) is 50.5 Å². The lowest BCUT2D eigenvalue weighted by atomic mass is 10.0. The summed E-state index contributed by atoms with van der Waals surface area (Å²) >= 11 is 0. The molecule has 2 aromatic heterocycles. The highest BCUT2D eigenvalue weighted by Crippen LogP contribution is 2.30. The Kier molecular flexibility index (Phi) is 2.60. The van der Waals surface area contributed by atoms with Gasteiger partial charge in [-0.05, 0) is 37.1 Å². The zero-order valence-corrected chi connectivity index (χ0v) is 12.8.